The lowest BCUT2D eigenvalue weighted by atomic mass is 9.72. The van der Waals surface area contributed by atoms with E-state index in [1.165, 1.54) is 0 Å². The van der Waals surface area contributed by atoms with Crippen LogP contribution in [0.4, 0.5) is 5.82 Å². The fourth-order valence-corrected chi connectivity index (χ4v) is 4.15. The van der Waals surface area contributed by atoms with E-state index < -0.39 is 5.54 Å². The zero-order valence-corrected chi connectivity index (χ0v) is 16.9. The highest BCUT2D eigenvalue weighted by Crippen LogP contribution is 2.44. The lowest BCUT2D eigenvalue weighted by molar-refractivity contribution is -0.0540. The smallest absolute Gasteiger partial charge is 0.155 e. The van der Waals surface area contributed by atoms with Gasteiger partial charge in [-0.25, -0.2) is 9.50 Å². The first-order valence-electron chi connectivity index (χ1n) is 9.82. The first-order valence-corrected chi connectivity index (χ1v) is 9.82. The van der Waals surface area contributed by atoms with Crippen molar-refractivity contribution in [3.8, 4) is 28.7 Å². The summed E-state index contributed by atoms with van der Waals surface area (Å²) in [5, 5.41) is 34.6. The summed E-state index contributed by atoms with van der Waals surface area (Å²) < 4.78 is 8.91. The van der Waals surface area contributed by atoms with E-state index in [0.29, 0.717) is 53.4 Å². The zero-order chi connectivity index (χ0) is 21.6. The molecule has 158 valence electrons. The van der Waals surface area contributed by atoms with Gasteiger partial charge >= 0.3 is 0 Å². The molecule has 0 radical (unpaired) electrons. The van der Waals surface area contributed by atoms with E-state index in [1.807, 2.05) is 12.3 Å². The van der Waals surface area contributed by atoms with Crippen LogP contribution in [0.25, 0.3) is 28.2 Å². The van der Waals surface area contributed by atoms with Gasteiger partial charge in [0.1, 0.15) is 17.1 Å². The Kier molecular flexibility index (Phi) is 4.46. The number of aromatic nitrogens is 7. The summed E-state index contributed by atoms with van der Waals surface area (Å²) in [5.41, 5.74) is 9.66. The van der Waals surface area contributed by atoms with Crippen LogP contribution in [0.1, 0.15) is 25.0 Å². The fraction of sp³-hybridized carbons (Fsp3) is 0.350. The minimum Gasteiger partial charge on any atom is -0.390 e. The molecule has 11 nitrogen and oxygen atoms in total. The summed E-state index contributed by atoms with van der Waals surface area (Å²) in [5.74, 6) is 0.323. The molecule has 4 N–H and O–H groups in total. The monoisotopic (exact) mass is 419 g/mol. The molecule has 4 heterocycles. The van der Waals surface area contributed by atoms with Crippen LogP contribution in [0.5, 0.6) is 0 Å². The number of nitrogens with zero attached hydrogens (tertiary/aromatic N) is 7. The highest BCUT2D eigenvalue weighted by Gasteiger charge is 2.47. The van der Waals surface area contributed by atoms with Crippen LogP contribution >= 0.6 is 0 Å². The van der Waals surface area contributed by atoms with E-state index in [0.717, 1.165) is 5.52 Å². The van der Waals surface area contributed by atoms with Crippen molar-refractivity contribution in [1.29, 1.82) is 5.26 Å². The van der Waals surface area contributed by atoms with Crippen molar-refractivity contribution in [3.63, 3.8) is 0 Å². The first kappa shape index (κ1) is 19.2. The highest BCUT2D eigenvalue weighted by molar-refractivity contribution is 5.83. The number of hydrogen-bond acceptors (Lipinski definition) is 8. The largest absolute Gasteiger partial charge is 0.390 e. The second-order valence-corrected chi connectivity index (χ2v) is 7.77. The Morgan fingerprint density at radius 1 is 1.39 bits per heavy atom. The number of nitrogens with one attached hydrogen (secondary N) is 1. The Bertz CT molecular complexity index is 1290. The van der Waals surface area contributed by atoms with E-state index >= 15 is 0 Å². The third-order valence-corrected chi connectivity index (χ3v) is 5.89. The van der Waals surface area contributed by atoms with Gasteiger partial charge in [-0.1, -0.05) is 0 Å². The molecular weight excluding hydrogens is 398 g/mol. The SMILES string of the molecule is COC1CC(CC#N)(n2cc(-c3nc(-c4cc(CO)[nH]n4)cn4nccc34)c(N)n2)C1. The summed E-state index contributed by atoms with van der Waals surface area (Å²) in [4.78, 5) is 4.79. The normalized spacial score (nSPS) is 20.6. The van der Waals surface area contributed by atoms with Crippen molar-refractivity contribution in [2.24, 2.45) is 0 Å². The lowest BCUT2D eigenvalue weighted by Gasteiger charge is -2.45. The van der Waals surface area contributed by atoms with Gasteiger partial charge in [-0.2, -0.15) is 20.6 Å². The van der Waals surface area contributed by atoms with Crippen molar-refractivity contribution in [1.82, 2.24) is 34.6 Å². The summed E-state index contributed by atoms with van der Waals surface area (Å²) in [6.45, 7) is -0.146. The van der Waals surface area contributed by atoms with Gasteiger partial charge in [0.25, 0.3) is 0 Å². The maximum Gasteiger partial charge on any atom is 0.155 e. The molecule has 1 fully saturated rings. The number of methoxy groups -OCH3 is 1. The van der Waals surface area contributed by atoms with Gasteiger partial charge in [-0.15, -0.1) is 0 Å². The van der Waals surface area contributed by atoms with E-state index in [2.05, 4.69) is 26.5 Å². The number of aliphatic hydroxyl groups excluding tert-OH is 1. The Labute approximate surface area is 177 Å². The van der Waals surface area contributed by atoms with Crippen molar-refractivity contribution in [3.05, 3.63) is 36.4 Å². The maximum absolute atomic E-state index is 9.36. The van der Waals surface area contributed by atoms with E-state index in [4.69, 9.17) is 15.5 Å². The van der Waals surface area contributed by atoms with Crippen LogP contribution in [0, 0.1) is 11.3 Å². The molecule has 31 heavy (non-hydrogen) atoms. The minimum absolute atomic E-state index is 0.102. The van der Waals surface area contributed by atoms with Crippen molar-refractivity contribution < 1.29 is 9.84 Å². The number of nitriles is 1. The number of anilines is 1. The number of nitrogens with two attached hydrogens (primary N) is 1. The Balaban J connectivity index is 1.61. The molecule has 0 saturated heterocycles. The van der Waals surface area contributed by atoms with Gasteiger partial charge in [-0.05, 0) is 25.0 Å². The molecule has 0 aliphatic heterocycles. The Morgan fingerprint density at radius 3 is 2.94 bits per heavy atom. The molecule has 0 amide bonds. The third-order valence-electron chi connectivity index (χ3n) is 5.89. The number of fused-ring (bicyclic) bond motifs is 1. The van der Waals surface area contributed by atoms with Crippen LogP contribution < -0.4 is 5.73 Å². The molecule has 0 spiro atoms. The predicted molar refractivity (Wildman–Crippen MR) is 110 cm³/mol. The van der Waals surface area contributed by atoms with Crippen LogP contribution in [-0.2, 0) is 16.9 Å². The van der Waals surface area contributed by atoms with Gasteiger partial charge in [0.15, 0.2) is 5.82 Å². The summed E-state index contributed by atoms with van der Waals surface area (Å²) in [7, 11) is 1.67. The number of hydrogen-bond donors (Lipinski definition) is 3. The molecule has 1 aliphatic rings. The van der Waals surface area contributed by atoms with E-state index in [-0.39, 0.29) is 12.7 Å². The van der Waals surface area contributed by atoms with Gasteiger partial charge in [0, 0.05) is 13.3 Å². The number of H-pyrrole nitrogens is 1. The third kappa shape index (κ3) is 3.04. The van der Waals surface area contributed by atoms with Gasteiger partial charge < -0.3 is 15.6 Å². The minimum atomic E-state index is -0.436. The molecule has 1 aliphatic carbocycles. The van der Waals surface area contributed by atoms with Crippen molar-refractivity contribution in [2.45, 2.75) is 37.5 Å². The van der Waals surface area contributed by atoms with E-state index in [9.17, 15) is 10.4 Å². The standard InChI is InChI=1S/C20H21N9O2/c1-31-13-7-20(8-13,3-4-21)29-9-14(19(22)27-29)18-17-2-5-23-28(17)10-16(24-18)15-6-12(11-30)25-26-15/h2,5-6,9-10,13,30H,3,7-8,11H2,1H3,(H2,22,27)(H,25,26). The second kappa shape index (κ2) is 7.19. The first-order chi connectivity index (χ1) is 15.1. The number of ether oxygens (including phenoxy) is 1. The molecule has 0 aromatic carbocycles. The van der Waals surface area contributed by atoms with Gasteiger partial charge in [0.2, 0.25) is 0 Å². The second-order valence-electron chi connectivity index (χ2n) is 7.77. The highest BCUT2D eigenvalue weighted by atomic mass is 16.5. The predicted octanol–water partition coefficient (Wildman–Crippen LogP) is 1.48. The molecule has 11 heteroatoms. The average Bonchev–Trinajstić information content (AvgIpc) is 3.48. The lowest BCUT2D eigenvalue weighted by Crippen LogP contribution is -2.50. The summed E-state index contributed by atoms with van der Waals surface area (Å²) >= 11 is 0. The summed E-state index contributed by atoms with van der Waals surface area (Å²) in [6.07, 6.45) is 7.12. The van der Waals surface area contributed by atoms with Gasteiger partial charge in [-0.3, -0.25) is 9.78 Å². The van der Waals surface area contributed by atoms with Crippen LogP contribution in [0.15, 0.2) is 30.7 Å². The van der Waals surface area contributed by atoms with Crippen LogP contribution in [0.3, 0.4) is 0 Å². The molecule has 4 aromatic heterocycles. The summed E-state index contributed by atoms with van der Waals surface area (Å²) in [6, 6.07) is 5.85. The van der Waals surface area contributed by atoms with Gasteiger partial charge in [0.05, 0.1) is 59.9 Å². The van der Waals surface area contributed by atoms with Crippen LogP contribution in [-0.4, -0.2) is 52.9 Å². The number of aromatic amines is 1. The molecule has 5 rings (SSSR count). The Morgan fingerprint density at radius 2 is 2.23 bits per heavy atom. The molecule has 0 unspecified atom stereocenters. The average molecular weight is 419 g/mol. The molecule has 0 atom stereocenters. The molecule has 1 saturated carbocycles. The molecule has 0 bridgehead atoms. The van der Waals surface area contributed by atoms with Crippen molar-refractivity contribution >= 4 is 11.3 Å². The number of aliphatic hydroxyl groups is 1. The number of rotatable bonds is 6. The topological polar surface area (TPSA) is 156 Å². The maximum atomic E-state index is 9.36. The van der Waals surface area contributed by atoms with Crippen molar-refractivity contribution in [2.75, 3.05) is 12.8 Å². The molecule has 4 aromatic rings. The quantitative estimate of drug-likeness (QED) is 0.424. The Hall–Kier alpha value is -3.75. The van der Waals surface area contributed by atoms with Crippen LogP contribution in [0.2, 0.25) is 0 Å². The molecular formula is C20H21N9O2. The zero-order valence-electron chi connectivity index (χ0n) is 16.9. The number of nitrogen functional groups attached to an aromatic ring is 1. The van der Waals surface area contributed by atoms with E-state index in [1.54, 1.807) is 34.8 Å². The fourth-order valence-electron chi connectivity index (χ4n) is 4.15.